The average Bonchev–Trinajstić information content (AvgIpc) is 3.11. The van der Waals surface area contributed by atoms with Gasteiger partial charge in [0.05, 0.1) is 159 Å². The van der Waals surface area contributed by atoms with E-state index in [1.807, 2.05) is 0 Å². The second-order valence-electron chi connectivity index (χ2n) is 11.4. The predicted octanol–water partition coefficient (Wildman–Crippen LogP) is 4.22. The maximum absolute atomic E-state index is 5.56. The number of hydrogen-bond acceptors (Lipinski definition) is 13. The summed E-state index contributed by atoms with van der Waals surface area (Å²) < 4.78 is 71.5. The van der Waals surface area contributed by atoms with Crippen LogP contribution in [0.4, 0.5) is 0 Å². The van der Waals surface area contributed by atoms with Crippen molar-refractivity contribution in [1.82, 2.24) is 0 Å². The van der Waals surface area contributed by atoms with Gasteiger partial charge in [-0.15, -0.1) is 0 Å². The molecule has 0 aliphatic heterocycles. The standard InChI is InChI=1S/C36H74O13/c1-4-6-7-8-9-10-37-11-12-38-13-14-39-15-16-40-17-18-41-19-20-42-21-22-43-23-24-44-25-26-45-27-28-46-29-30-47-31-32-48-33-34-49-35-36(3)5-2/h36H,4-35H2,1-3H3. The lowest BCUT2D eigenvalue weighted by molar-refractivity contribution is -0.0292. The minimum atomic E-state index is 0.516. The van der Waals surface area contributed by atoms with Crippen LogP contribution in [0.2, 0.25) is 0 Å². The van der Waals surface area contributed by atoms with Crippen molar-refractivity contribution in [1.29, 1.82) is 0 Å². The maximum Gasteiger partial charge on any atom is 0.0701 e. The normalized spacial score (nSPS) is 12.3. The second-order valence-corrected chi connectivity index (χ2v) is 11.4. The quantitative estimate of drug-likeness (QED) is 0.0839. The second kappa shape index (κ2) is 45.5. The molecule has 13 heteroatoms. The zero-order valence-corrected chi connectivity index (χ0v) is 31.5. The molecule has 13 nitrogen and oxygen atoms in total. The van der Waals surface area contributed by atoms with Crippen molar-refractivity contribution in [2.75, 3.05) is 172 Å². The molecule has 0 fully saturated rings. The molecular formula is C36H74O13. The number of rotatable bonds is 45. The van der Waals surface area contributed by atoms with E-state index in [-0.39, 0.29) is 0 Å². The molecule has 0 bridgehead atoms. The number of hydrogen-bond donors (Lipinski definition) is 0. The number of ether oxygens (including phenoxy) is 13. The molecule has 0 rings (SSSR count). The third kappa shape index (κ3) is 45.5. The molecule has 49 heavy (non-hydrogen) atoms. The van der Waals surface area contributed by atoms with Gasteiger partial charge in [-0.2, -0.15) is 0 Å². The molecule has 0 aromatic heterocycles. The SMILES string of the molecule is CCCCCCCOCCOCCOCCOCCOCCOCCOCCOCCOCCOCCOCCOCCOCC(C)CC. The molecular weight excluding hydrogens is 640 g/mol. The van der Waals surface area contributed by atoms with Crippen molar-refractivity contribution >= 4 is 0 Å². The summed E-state index contributed by atoms with van der Waals surface area (Å²) in [6.07, 6.45) is 7.41. The van der Waals surface area contributed by atoms with Gasteiger partial charge in [-0.05, 0) is 12.3 Å². The molecule has 0 spiro atoms. The van der Waals surface area contributed by atoms with Crippen LogP contribution in [0.5, 0.6) is 0 Å². The van der Waals surface area contributed by atoms with E-state index in [9.17, 15) is 0 Å². The minimum absolute atomic E-state index is 0.516. The Kier molecular flexibility index (Phi) is 45.0. The summed E-state index contributed by atoms with van der Waals surface area (Å²) in [5, 5.41) is 0. The summed E-state index contributed by atoms with van der Waals surface area (Å²) in [6, 6.07) is 0. The van der Waals surface area contributed by atoms with Gasteiger partial charge >= 0.3 is 0 Å². The van der Waals surface area contributed by atoms with Crippen molar-refractivity contribution in [3.05, 3.63) is 0 Å². The first kappa shape index (κ1) is 48.5. The summed E-state index contributed by atoms with van der Waals surface area (Å²) in [4.78, 5) is 0. The van der Waals surface area contributed by atoms with Crippen LogP contribution in [0.3, 0.4) is 0 Å². The summed E-state index contributed by atoms with van der Waals surface area (Å²) in [7, 11) is 0. The van der Waals surface area contributed by atoms with Gasteiger partial charge in [0.25, 0.3) is 0 Å². The van der Waals surface area contributed by atoms with Crippen molar-refractivity contribution < 1.29 is 61.6 Å². The van der Waals surface area contributed by atoms with Crippen LogP contribution >= 0.6 is 0 Å². The van der Waals surface area contributed by atoms with E-state index in [1.54, 1.807) is 0 Å². The lowest BCUT2D eigenvalue weighted by atomic mass is 10.1. The van der Waals surface area contributed by atoms with Gasteiger partial charge in [-0.25, -0.2) is 0 Å². The Bertz CT molecular complexity index is 577. The smallest absolute Gasteiger partial charge is 0.0701 e. The van der Waals surface area contributed by atoms with Crippen LogP contribution in [0.15, 0.2) is 0 Å². The molecule has 0 saturated carbocycles. The van der Waals surface area contributed by atoms with E-state index in [1.165, 1.54) is 25.7 Å². The van der Waals surface area contributed by atoms with Crippen LogP contribution in [0, 0.1) is 5.92 Å². The molecule has 1 atom stereocenters. The van der Waals surface area contributed by atoms with Crippen molar-refractivity contribution in [3.63, 3.8) is 0 Å². The fourth-order valence-corrected chi connectivity index (χ4v) is 3.85. The van der Waals surface area contributed by atoms with Crippen molar-refractivity contribution in [2.45, 2.75) is 59.3 Å². The zero-order chi connectivity index (χ0) is 35.4. The largest absolute Gasteiger partial charge is 0.379 e. The van der Waals surface area contributed by atoms with E-state index < -0.39 is 0 Å². The van der Waals surface area contributed by atoms with E-state index in [0.717, 1.165) is 26.1 Å². The van der Waals surface area contributed by atoms with Gasteiger partial charge in [0.2, 0.25) is 0 Å². The summed E-state index contributed by atoms with van der Waals surface area (Å²) in [5.74, 6) is 0.598. The van der Waals surface area contributed by atoms with Gasteiger partial charge in [0.15, 0.2) is 0 Å². The minimum Gasteiger partial charge on any atom is -0.379 e. The lowest BCUT2D eigenvalue weighted by Crippen LogP contribution is -2.15. The van der Waals surface area contributed by atoms with Crippen molar-refractivity contribution in [3.8, 4) is 0 Å². The van der Waals surface area contributed by atoms with Crippen LogP contribution in [-0.2, 0) is 61.6 Å². The molecule has 0 radical (unpaired) electrons. The Morgan fingerprint density at radius 2 is 0.490 bits per heavy atom. The molecule has 0 aromatic rings. The highest BCUT2D eigenvalue weighted by molar-refractivity contribution is 4.46. The highest BCUT2D eigenvalue weighted by Gasteiger charge is 1.99. The molecule has 0 N–H and O–H groups in total. The Hall–Kier alpha value is -0.520. The Morgan fingerprint density at radius 3 is 0.735 bits per heavy atom. The molecule has 0 aromatic carbocycles. The average molecular weight is 715 g/mol. The first-order valence-electron chi connectivity index (χ1n) is 18.8. The Labute approximate surface area is 298 Å². The third-order valence-electron chi connectivity index (χ3n) is 6.96. The number of unbranched alkanes of at least 4 members (excludes halogenated alkanes) is 4. The van der Waals surface area contributed by atoms with E-state index >= 15 is 0 Å². The summed E-state index contributed by atoms with van der Waals surface area (Å²) in [5.41, 5.74) is 0. The monoisotopic (exact) mass is 715 g/mol. The third-order valence-corrected chi connectivity index (χ3v) is 6.96. The molecule has 0 aliphatic rings. The molecule has 0 amide bonds. The molecule has 0 aliphatic carbocycles. The van der Waals surface area contributed by atoms with Crippen molar-refractivity contribution in [2.24, 2.45) is 5.92 Å². The highest BCUT2D eigenvalue weighted by atomic mass is 16.6. The van der Waals surface area contributed by atoms with Gasteiger partial charge in [-0.1, -0.05) is 52.9 Å². The molecule has 1 unspecified atom stereocenters. The highest BCUT2D eigenvalue weighted by Crippen LogP contribution is 2.02. The van der Waals surface area contributed by atoms with Crippen LogP contribution in [0.1, 0.15) is 59.3 Å². The van der Waals surface area contributed by atoms with Gasteiger partial charge < -0.3 is 61.6 Å². The van der Waals surface area contributed by atoms with Gasteiger partial charge in [0.1, 0.15) is 0 Å². The fourth-order valence-electron chi connectivity index (χ4n) is 3.85. The first-order chi connectivity index (χ1) is 24.3. The summed E-state index contributed by atoms with van der Waals surface area (Å²) in [6.45, 7) is 21.3. The lowest BCUT2D eigenvalue weighted by Gasteiger charge is -2.10. The van der Waals surface area contributed by atoms with Crippen LogP contribution < -0.4 is 0 Å². The predicted molar refractivity (Wildman–Crippen MR) is 189 cm³/mol. The molecule has 0 heterocycles. The maximum atomic E-state index is 5.56. The van der Waals surface area contributed by atoms with Crippen LogP contribution in [0.25, 0.3) is 0 Å². The Morgan fingerprint density at radius 1 is 0.265 bits per heavy atom. The van der Waals surface area contributed by atoms with Crippen LogP contribution in [-0.4, -0.2) is 172 Å². The van der Waals surface area contributed by atoms with E-state index in [2.05, 4.69) is 20.8 Å². The van der Waals surface area contributed by atoms with E-state index in [0.29, 0.717) is 164 Å². The van der Waals surface area contributed by atoms with E-state index in [4.69, 9.17) is 61.6 Å². The molecule has 296 valence electrons. The van der Waals surface area contributed by atoms with Gasteiger partial charge in [0, 0.05) is 13.2 Å². The first-order valence-corrected chi connectivity index (χ1v) is 18.8. The zero-order valence-electron chi connectivity index (χ0n) is 31.5. The Balaban J connectivity index is 3.05. The topological polar surface area (TPSA) is 120 Å². The van der Waals surface area contributed by atoms with Gasteiger partial charge in [-0.3, -0.25) is 0 Å². The fraction of sp³-hybridized carbons (Fsp3) is 1.00. The molecule has 0 saturated heterocycles. The summed E-state index contributed by atoms with van der Waals surface area (Å²) >= 11 is 0.